The minimum absolute atomic E-state index is 0.0628. The van der Waals surface area contributed by atoms with E-state index in [9.17, 15) is 19.1 Å². The van der Waals surface area contributed by atoms with Crippen molar-refractivity contribution in [3.05, 3.63) is 64.3 Å². The Morgan fingerprint density at radius 3 is 2.62 bits per heavy atom. The highest BCUT2D eigenvalue weighted by molar-refractivity contribution is 8.18. The van der Waals surface area contributed by atoms with Crippen molar-refractivity contribution in [1.29, 1.82) is 0 Å². The SMILES string of the molecule is CCOc1cccc(/C=C2\SC(=O)N(Cc3ccc(F)cc3)C2=O)c1O. The molecular weight excluding hydrogens is 357 g/mol. The summed E-state index contributed by atoms with van der Waals surface area (Å²) < 4.78 is 18.3. The largest absolute Gasteiger partial charge is 0.504 e. The summed E-state index contributed by atoms with van der Waals surface area (Å²) in [5, 5.41) is 9.82. The van der Waals surface area contributed by atoms with Gasteiger partial charge in [-0.1, -0.05) is 24.3 Å². The van der Waals surface area contributed by atoms with Crippen LogP contribution in [0.25, 0.3) is 6.08 Å². The molecule has 1 aliphatic rings. The number of benzene rings is 2. The second-order valence-electron chi connectivity index (χ2n) is 5.52. The molecule has 2 amide bonds. The number of phenolic OH excluding ortho intramolecular Hbond substituents is 1. The third-order valence-electron chi connectivity index (χ3n) is 3.74. The standard InChI is InChI=1S/C19H16FNO4S/c1-2-25-15-5-3-4-13(17(15)22)10-16-18(23)21(19(24)26-16)11-12-6-8-14(20)9-7-12/h3-10,22H,2,11H2,1H3/b16-10-. The molecule has 7 heteroatoms. The van der Waals surface area contributed by atoms with E-state index in [1.807, 2.05) is 0 Å². The van der Waals surface area contributed by atoms with E-state index in [-0.39, 0.29) is 23.0 Å². The quantitative estimate of drug-likeness (QED) is 0.797. The van der Waals surface area contributed by atoms with Gasteiger partial charge in [-0.05, 0) is 48.5 Å². The Morgan fingerprint density at radius 2 is 1.92 bits per heavy atom. The van der Waals surface area contributed by atoms with Crippen molar-refractivity contribution in [1.82, 2.24) is 4.90 Å². The lowest BCUT2D eigenvalue weighted by atomic mass is 10.1. The molecule has 2 aromatic rings. The van der Waals surface area contributed by atoms with Crippen LogP contribution in [0.15, 0.2) is 47.4 Å². The van der Waals surface area contributed by atoms with Crippen molar-refractivity contribution < 1.29 is 23.8 Å². The van der Waals surface area contributed by atoms with Gasteiger partial charge in [-0.2, -0.15) is 0 Å². The van der Waals surface area contributed by atoms with Gasteiger partial charge in [0.05, 0.1) is 18.1 Å². The maximum Gasteiger partial charge on any atom is 0.293 e. The van der Waals surface area contributed by atoms with Gasteiger partial charge in [0, 0.05) is 5.56 Å². The molecule has 5 nitrogen and oxygen atoms in total. The van der Waals surface area contributed by atoms with Crippen LogP contribution in [0.4, 0.5) is 9.18 Å². The normalized spacial score (nSPS) is 15.8. The second-order valence-corrected chi connectivity index (χ2v) is 6.51. The topological polar surface area (TPSA) is 66.8 Å². The molecule has 134 valence electrons. The van der Waals surface area contributed by atoms with Crippen LogP contribution in [0.1, 0.15) is 18.1 Å². The van der Waals surface area contributed by atoms with E-state index >= 15 is 0 Å². The first kappa shape index (κ1) is 18.0. The molecule has 0 bridgehead atoms. The van der Waals surface area contributed by atoms with Gasteiger partial charge in [0.1, 0.15) is 5.82 Å². The first-order valence-corrected chi connectivity index (χ1v) is 8.76. The van der Waals surface area contributed by atoms with Gasteiger partial charge in [-0.3, -0.25) is 14.5 Å². The van der Waals surface area contributed by atoms with E-state index in [4.69, 9.17) is 4.74 Å². The number of aromatic hydroxyl groups is 1. The molecule has 1 fully saturated rings. The molecular formula is C19H16FNO4S. The van der Waals surface area contributed by atoms with Gasteiger partial charge in [-0.25, -0.2) is 4.39 Å². The van der Waals surface area contributed by atoms with Crippen molar-refractivity contribution in [2.24, 2.45) is 0 Å². The number of amides is 2. The maximum atomic E-state index is 13.0. The highest BCUT2D eigenvalue weighted by Gasteiger charge is 2.35. The van der Waals surface area contributed by atoms with Crippen LogP contribution in [0.5, 0.6) is 11.5 Å². The number of rotatable bonds is 5. The van der Waals surface area contributed by atoms with Crippen molar-refractivity contribution in [3.8, 4) is 11.5 Å². The van der Waals surface area contributed by atoms with Gasteiger partial charge in [-0.15, -0.1) is 0 Å². The Kier molecular flexibility index (Phi) is 5.27. The van der Waals surface area contributed by atoms with E-state index in [0.717, 1.165) is 16.7 Å². The first-order valence-electron chi connectivity index (χ1n) is 7.94. The lowest BCUT2D eigenvalue weighted by Crippen LogP contribution is -2.27. The minimum Gasteiger partial charge on any atom is -0.504 e. The molecule has 0 aromatic heterocycles. The molecule has 0 atom stereocenters. The molecule has 3 rings (SSSR count). The van der Waals surface area contributed by atoms with Crippen LogP contribution in [0, 0.1) is 5.82 Å². The number of carbonyl (C=O) groups is 2. The Balaban J connectivity index is 1.83. The van der Waals surface area contributed by atoms with E-state index in [1.54, 1.807) is 25.1 Å². The number of nitrogens with zero attached hydrogens (tertiary/aromatic N) is 1. The number of para-hydroxylation sites is 1. The first-order chi connectivity index (χ1) is 12.5. The minimum atomic E-state index is -0.453. The van der Waals surface area contributed by atoms with Gasteiger partial charge in [0.25, 0.3) is 11.1 Å². The number of ether oxygens (including phenoxy) is 1. The molecule has 0 saturated carbocycles. The molecule has 0 spiro atoms. The third kappa shape index (κ3) is 3.72. The van der Waals surface area contributed by atoms with Crippen LogP contribution in [-0.4, -0.2) is 27.8 Å². The molecule has 1 heterocycles. The van der Waals surface area contributed by atoms with Crippen molar-refractivity contribution in [2.75, 3.05) is 6.61 Å². The van der Waals surface area contributed by atoms with Gasteiger partial charge < -0.3 is 9.84 Å². The van der Waals surface area contributed by atoms with Crippen LogP contribution >= 0.6 is 11.8 Å². The number of thioether (sulfide) groups is 1. The summed E-state index contributed by atoms with van der Waals surface area (Å²) in [4.78, 5) is 26.0. The predicted molar refractivity (Wildman–Crippen MR) is 97.2 cm³/mol. The second kappa shape index (κ2) is 7.61. The fourth-order valence-electron chi connectivity index (χ4n) is 2.48. The Hall–Kier alpha value is -2.80. The van der Waals surface area contributed by atoms with E-state index in [0.29, 0.717) is 23.5 Å². The molecule has 0 unspecified atom stereocenters. The number of carbonyl (C=O) groups excluding carboxylic acids is 2. The zero-order chi connectivity index (χ0) is 18.7. The third-order valence-corrected chi connectivity index (χ3v) is 4.65. The summed E-state index contributed by atoms with van der Waals surface area (Å²) in [7, 11) is 0. The Morgan fingerprint density at radius 1 is 1.19 bits per heavy atom. The van der Waals surface area contributed by atoms with E-state index < -0.39 is 11.1 Å². The van der Waals surface area contributed by atoms with Crippen LogP contribution < -0.4 is 4.74 Å². The fourth-order valence-corrected chi connectivity index (χ4v) is 3.31. The van der Waals surface area contributed by atoms with Gasteiger partial charge in [0.15, 0.2) is 11.5 Å². The van der Waals surface area contributed by atoms with Gasteiger partial charge >= 0.3 is 0 Å². The fraction of sp³-hybridized carbons (Fsp3) is 0.158. The lowest BCUT2D eigenvalue weighted by molar-refractivity contribution is -0.123. The Labute approximate surface area is 154 Å². The van der Waals surface area contributed by atoms with E-state index in [2.05, 4.69) is 0 Å². The number of hydrogen-bond acceptors (Lipinski definition) is 5. The monoisotopic (exact) mass is 373 g/mol. The molecule has 0 aliphatic carbocycles. The smallest absolute Gasteiger partial charge is 0.293 e. The molecule has 0 radical (unpaired) electrons. The van der Waals surface area contributed by atoms with E-state index in [1.165, 1.54) is 30.3 Å². The summed E-state index contributed by atoms with van der Waals surface area (Å²) in [6.07, 6.45) is 1.47. The number of hydrogen-bond donors (Lipinski definition) is 1. The van der Waals surface area contributed by atoms with Crippen LogP contribution in [0.2, 0.25) is 0 Å². The molecule has 2 aromatic carbocycles. The van der Waals surface area contributed by atoms with Crippen molar-refractivity contribution in [3.63, 3.8) is 0 Å². The van der Waals surface area contributed by atoms with Crippen molar-refractivity contribution in [2.45, 2.75) is 13.5 Å². The Bertz CT molecular complexity index is 880. The average Bonchev–Trinajstić information content (AvgIpc) is 2.88. The van der Waals surface area contributed by atoms with Crippen LogP contribution in [0.3, 0.4) is 0 Å². The maximum absolute atomic E-state index is 13.0. The average molecular weight is 373 g/mol. The summed E-state index contributed by atoms with van der Waals surface area (Å²) >= 11 is 0.799. The zero-order valence-corrected chi connectivity index (χ0v) is 14.8. The highest BCUT2D eigenvalue weighted by Crippen LogP contribution is 2.37. The highest BCUT2D eigenvalue weighted by atomic mass is 32.2. The molecule has 1 aliphatic heterocycles. The van der Waals surface area contributed by atoms with Crippen LogP contribution in [-0.2, 0) is 11.3 Å². The summed E-state index contributed by atoms with van der Waals surface area (Å²) in [6, 6.07) is 10.6. The summed E-state index contributed by atoms with van der Waals surface area (Å²) in [5.41, 5.74) is 1.04. The molecule has 26 heavy (non-hydrogen) atoms. The number of halogens is 1. The molecule has 1 N–H and O–H groups in total. The zero-order valence-electron chi connectivity index (χ0n) is 13.9. The predicted octanol–water partition coefficient (Wildman–Crippen LogP) is 4.17. The number of imide groups is 1. The molecule has 1 saturated heterocycles. The van der Waals surface area contributed by atoms with Crippen molar-refractivity contribution >= 4 is 29.0 Å². The number of phenols is 1. The summed E-state index contributed by atoms with van der Waals surface area (Å²) in [5.74, 6) is -0.607. The van der Waals surface area contributed by atoms with Gasteiger partial charge in [0.2, 0.25) is 0 Å². The lowest BCUT2D eigenvalue weighted by Gasteiger charge is -2.12. The summed E-state index contributed by atoms with van der Waals surface area (Å²) in [6.45, 7) is 2.26.